The predicted octanol–water partition coefficient (Wildman–Crippen LogP) is 0.313. The lowest BCUT2D eigenvalue weighted by atomic mass is 10.1. The van der Waals surface area contributed by atoms with E-state index in [-0.39, 0.29) is 27.3 Å². The Morgan fingerprint density at radius 3 is 2.67 bits per heavy atom. The van der Waals surface area contributed by atoms with Crippen molar-refractivity contribution in [3.8, 4) is 0 Å². The lowest BCUT2D eigenvalue weighted by Crippen LogP contribution is -2.39. The van der Waals surface area contributed by atoms with Crippen LogP contribution in [0.4, 0.5) is 5.82 Å². The van der Waals surface area contributed by atoms with Crippen LogP contribution in [0.2, 0.25) is 10.0 Å². The summed E-state index contributed by atoms with van der Waals surface area (Å²) in [6.45, 7) is -0.305. The van der Waals surface area contributed by atoms with Crippen LogP contribution in [0.3, 0.4) is 0 Å². The number of nitrogens with one attached hydrogen (secondary N) is 1. The Bertz CT molecular complexity index is 1210. The fraction of sp³-hybridized carbons (Fsp3) is 0.312. The van der Waals surface area contributed by atoms with Gasteiger partial charge in [-0.15, -0.1) is 0 Å². The third kappa shape index (κ3) is 3.71. The largest absolute Gasteiger partial charge is 0.387 e. The van der Waals surface area contributed by atoms with E-state index in [4.69, 9.17) is 33.7 Å². The number of aliphatic hydroxyl groups excluding tert-OH is 2. The van der Waals surface area contributed by atoms with Crippen LogP contribution in [-0.2, 0) is 14.8 Å². The summed E-state index contributed by atoms with van der Waals surface area (Å²) < 4.78 is 34.4. The molecule has 0 unspecified atom stereocenters. The fourth-order valence-electron chi connectivity index (χ4n) is 3.10. The summed E-state index contributed by atoms with van der Waals surface area (Å²) in [5, 5.41) is 21.1. The number of benzene rings is 1. The Hall–Kier alpha value is -2.06. The molecule has 1 aliphatic rings. The summed E-state index contributed by atoms with van der Waals surface area (Å²) >= 11 is 11.7. The maximum atomic E-state index is 12.5. The van der Waals surface area contributed by atoms with Crippen molar-refractivity contribution >= 4 is 50.2 Å². The van der Waals surface area contributed by atoms with Crippen molar-refractivity contribution in [3.63, 3.8) is 0 Å². The number of fused-ring (bicyclic) bond motifs is 1. The minimum absolute atomic E-state index is 0.0837. The first-order valence-electron chi connectivity index (χ1n) is 8.58. The zero-order valence-electron chi connectivity index (χ0n) is 15.1. The van der Waals surface area contributed by atoms with E-state index in [1.54, 1.807) is 0 Å². The van der Waals surface area contributed by atoms with E-state index in [0.29, 0.717) is 11.2 Å². The molecule has 2 aromatic heterocycles. The summed E-state index contributed by atoms with van der Waals surface area (Å²) in [5.74, 6) is 0.151. The second-order valence-electron chi connectivity index (χ2n) is 6.56. The number of nitrogens with zero attached hydrogens (tertiary/aromatic N) is 4. The number of aromatic nitrogens is 4. The molecule has 11 nitrogen and oxygen atoms in total. The van der Waals surface area contributed by atoms with E-state index in [0.717, 1.165) is 0 Å². The molecular weight excluding hydrogens is 459 g/mol. The van der Waals surface area contributed by atoms with Crippen LogP contribution >= 0.6 is 23.2 Å². The third-order valence-electron chi connectivity index (χ3n) is 4.67. The highest BCUT2D eigenvalue weighted by Gasteiger charge is 2.44. The Labute approximate surface area is 180 Å². The first kappa shape index (κ1) is 21.2. The van der Waals surface area contributed by atoms with Crippen molar-refractivity contribution in [2.75, 3.05) is 12.3 Å². The van der Waals surface area contributed by atoms with E-state index >= 15 is 0 Å². The molecule has 14 heteroatoms. The van der Waals surface area contributed by atoms with Crippen molar-refractivity contribution in [3.05, 3.63) is 40.9 Å². The third-order valence-corrected chi connectivity index (χ3v) is 6.83. The molecule has 160 valence electrons. The molecule has 4 rings (SSSR count). The lowest BCUT2D eigenvalue weighted by Gasteiger charge is -2.16. The minimum atomic E-state index is -3.96. The number of hydrogen-bond donors (Lipinski definition) is 4. The van der Waals surface area contributed by atoms with Gasteiger partial charge in [0.1, 0.15) is 30.2 Å². The average Bonchev–Trinajstić information content (AvgIpc) is 3.25. The van der Waals surface area contributed by atoms with Crippen molar-refractivity contribution in [2.45, 2.75) is 29.4 Å². The number of ether oxygens (including phenoxy) is 1. The lowest BCUT2D eigenvalue weighted by molar-refractivity contribution is -0.0330. The normalized spacial score (nSPS) is 24.5. The maximum absolute atomic E-state index is 12.5. The first-order valence-corrected chi connectivity index (χ1v) is 10.8. The topological polar surface area (TPSA) is 165 Å². The van der Waals surface area contributed by atoms with Gasteiger partial charge in [0.15, 0.2) is 17.7 Å². The molecule has 1 aliphatic heterocycles. The molecule has 1 fully saturated rings. The van der Waals surface area contributed by atoms with Gasteiger partial charge >= 0.3 is 0 Å². The van der Waals surface area contributed by atoms with Gasteiger partial charge in [-0.3, -0.25) is 4.57 Å². The molecule has 5 N–H and O–H groups in total. The molecule has 1 aromatic carbocycles. The average molecular weight is 475 g/mol. The summed E-state index contributed by atoms with van der Waals surface area (Å²) in [5.41, 5.74) is 6.37. The monoisotopic (exact) mass is 474 g/mol. The zero-order valence-corrected chi connectivity index (χ0v) is 17.4. The SMILES string of the molecule is Nc1ncnc2c1ncn2[C@@H]1O[C@H](CNS(=O)(=O)c2ccc(Cl)c(Cl)c2)[C@@H](O)[C@H]1O. The number of imidazole rings is 1. The summed E-state index contributed by atoms with van der Waals surface area (Å²) in [6, 6.07) is 3.86. The fourth-order valence-corrected chi connectivity index (χ4v) is 4.54. The van der Waals surface area contributed by atoms with Crippen LogP contribution in [0.25, 0.3) is 11.2 Å². The molecule has 1 saturated heterocycles. The van der Waals surface area contributed by atoms with E-state index in [9.17, 15) is 18.6 Å². The summed E-state index contributed by atoms with van der Waals surface area (Å²) in [4.78, 5) is 11.9. The highest BCUT2D eigenvalue weighted by atomic mass is 35.5. The number of sulfonamides is 1. The molecule has 0 spiro atoms. The van der Waals surface area contributed by atoms with Gasteiger partial charge in [0.25, 0.3) is 0 Å². The van der Waals surface area contributed by atoms with Crippen LogP contribution in [0, 0.1) is 0 Å². The van der Waals surface area contributed by atoms with Crippen molar-refractivity contribution in [1.82, 2.24) is 24.2 Å². The van der Waals surface area contributed by atoms with Gasteiger partial charge in [-0.2, -0.15) is 0 Å². The number of anilines is 1. The minimum Gasteiger partial charge on any atom is -0.387 e. The van der Waals surface area contributed by atoms with Crippen LogP contribution in [0.5, 0.6) is 0 Å². The van der Waals surface area contributed by atoms with Crippen LogP contribution in [0.1, 0.15) is 6.23 Å². The Morgan fingerprint density at radius 1 is 1.17 bits per heavy atom. The second kappa shape index (κ2) is 7.89. The molecule has 0 amide bonds. The zero-order chi connectivity index (χ0) is 21.6. The van der Waals surface area contributed by atoms with Gasteiger partial charge in [0, 0.05) is 6.54 Å². The predicted molar refractivity (Wildman–Crippen MR) is 107 cm³/mol. The van der Waals surface area contributed by atoms with Gasteiger partial charge in [-0.1, -0.05) is 23.2 Å². The number of halogens is 2. The molecule has 30 heavy (non-hydrogen) atoms. The van der Waals surface area contributed by atoms with E-state index in [2.05, 4.69) is 19.7 Å². The van der Waals surface area contributed by atoms with E-state index in [1.165, 1.54) is 35.4 Å². The van der Waals surface area contributed by atoms with Gasteiger partial charge in [0.05, 0.1) is 21.3 Å². The molecule has 0 aliphatic carbocycles. The number of aliphatic hydroxyl groups is 2. The number of nitrogen functional groups attached to an aromatic ring is 1. The molecule has 0 radical (unpaired) electrons. The Balaban J connectivity index is 1.52. The van der Waals surface area contributed by atoms with Crippen LogP contribution < -0.4 is 10.5 Å². The molecule has 3 heterocycles. The van der Waals surface area contributed by atoms with E-state index < -0.39 is 34.6 Å². The second-order valence-corrected chi connectivity index (χ2v) is 9.14. The summed E-state index contributed by atoms with van der Waals surface area (Å²) in [7, 11) is -3.96. The van der Waals surface area contributed by atoms with Crippen LogP contribution in [-0.4, -0.2) is 63.0 Å². The Kier molecular flexibility index (Phi) is 5.57. The van der Waals surface area contributed by atoms with E-state index in [1.807, 2.05) is 0 Å². The van der Waals surface area contributed by atoms with Crippen molar-refractivity contribution in [2.24, 2.45) is 0 Å². The number of rotatable bonds is 5. The van der Waals surface area contributed by atoms with Crippen LogP contribution in [0.15, 0.2) is 35.7 Å². The van der Waals surface area contributed by atoms with Gasteiger partial charge in [0.2, 0.25) is 10.0 Å². The molecule has 4 atom stereocenters. The summed E-state index contributed by atoms with van der Waals surface area (Å²) in [6.07, 6.45) is -2.26. The van der Waals surface area contributed by atoms with Crippen molar-refractivity contribution in [1.29, 1.82) is 0 Å². The smallest absolute Gasteiger partial charge is 0.240 e. The number of hydrogen-bond acceptors (Lipinski definition) is 9. The van der Waals surface area contributed by atoms with Gasteiger partial charge in [-0.05, 0) is 18.2 Å². The molecular formula is C16H16Cl2N6O5S. The quantitative estimate of drug-likeness (QED) is 0.406. The standard InChI is InChI=1S/C16H16Cl2N6O5S/c17-8-2-1-7(3-9(8)18)30(27,28)23-4-10-12(25)13(26)16(29-10)24-6-22-11-14(19)20-5-21-15(11)24/h1-3,5-6,10,12-13,16,23,25-26H,4H2,(H2,19,20,21)/t10-,12-,13-,16-/m1/s1. The maximum Gasteiger partial charge on any atom is 0.240 e. The number of nitrogens with two attached hydrogens (primary N) is 1. The van der Waals surface area contributed by atoms with Crippen molar-refractivity contribution < 1.29 is 23.4 Å². The molecule has 0 bridgehead atoms. The van der Waals surface area contributed by atoms with Gasteiger partial charge in [-0.25, -0.2) is 28.1 Å². The first-order chi connectivity index (χ1) is 14.2. The highest BCUT2D eigenvalue weighted by Crippen LogP contribution is 2.32. The Morgan fingerprint density at radius 2 is 1.93 bits per heavy atom. The van der Waals surface area contributed by atoms with Gasteiger partial charge < -0.3 is 20.7 Å². The highest BCUT2D eigenvalue weighted by molar-refractivity contribution is 7.89. The molecule has 0 saturated carbocycles. The molecule has 3 aromatic rings.